The first-order chi connectivity index (χ1) is 7.59. The molecule has 1 aliphatic rings. The Labute approximate surface area is 91.1 Å². The molecule has 3 N–H and O–H groups in total. The van der Waals surface area contributed by atoms with Crippen LogP contribution in [0.15, 0.2) is 23.1 Å². The fourth-order valence-electron chi connectivity index (χ4n) is 1.70. The van der Waals surface area contributed by atoms with E-state index in [9.17, 15) is 19.8 Å². The summed E-state index contributed by atoms with van der Waals surface area (Å²) in [5.74, 6) is -0.475. The van der Waals surface area contributed by atoms with Gasteiger partial charge in [-0.3, -0.25) is 9.59 Å². The molecule has 0 unspecified atom stereocenters. The summed E-state index contributed by atoms with van der Waals surface area (Å²) < 4.78 is 0. The lowest BCUT2D eigenvalue weighted by atomic mass is 10.2. The molecule has 2 heterocycles. The fraction of sp³-hybridized carbons (Fsp3) is 0.400. The Bertz CT molecular complexity index is 446. The molecular weight excluding hydrogens is 212 g/mol. The van der Waals surface area contributed by atoms with Crippen LogP contribution >= 0.6 is 0 Å². The van der Waals surface area contributed by atoms with Gasteiger partial charge in [-0.15, -0.1) is 0 Å². The van der Waals surface area contributed by atoms with Crippen LogP contribution in [-0.4, -0.2) is 51.3 Å². The third-order valence-corrected chi connectivity index (χ3v) is 2.59. The summed E-state index contributed by atoms with van der Waals surface area (Å²) in [5, 5.41) is 18.6. The van der Waals surface area contributed by atoms with Crippen molar-refractivity contribution in [2.75, 3.05) is 13.1 Å². The van der Waals surface area contributed by atoms with E-state index in [0.29, 0.717) is 0 Å². The molecule has 6 nitrogen and oxygen atoms in total. The average molecular weight is 224 g/mol. The summed E-state index contributed by atoms with van der Waals surface area (Å²) in [7, 11) is 0. The number of hydrogen-bond donors (Lipinski definition) is 3. The van der Waals surface area contributed by atoms with Gasteiger partial charge >= 0.3 is 0 Å². The topological polar surface area (TPSA) is 93.6 Å². The van der Waals surface area contributed by atoms with E-state index in [2.05, 4.69) is 4.98 Å². The third kappa shape index (κ3) is 1.84. The van der Waals surface area contributed by atoms with Gasteiger partial charge in [0, 0.05) is 19.3 Å². The van der Waals surface area contributed by atoms with E-state index in [0.717, 1.165) is 0 Å². The number of aromatic amines is 1. The highest BCUT2D eigenvalue weighted by atomic mass is 16.3. The van der Waals surface area contributed by atoms with E-state index in [1.165, 1.54) is 17.2 Å². The number of nitrogens with one attached hydrogen (secondary N) is 1. The Kier molecular flexibility index (Phi) is 2.76. The summed E-state index contributed by atoms with van der Waals surface area (Å²) in [6, 6.07) is 2.97. The number of nitrogens with zero attached hydrogens (tertiary/aromatic N) is 1. The van der Waals surface area contributed by atoms with Crippen LogP contribution in [0.4, 0.5) is 0 Å². The molecule has 0 saturated carbocycles. The summed E-state index contributed by atoms with van der Waals surface area (Å²) in [4.78, 5) is 26.9. The lowest BCUT2D eigenvalue weighted by molar-refractivity contribution is 0.0572. The highest BCUT2D eigenvalue weighted by Crippen LogP contribution is 2.12. The van der Waals surface area contributed by atoms with Crippen molar-refractivity contribution in [2.24, 2.45) is 0 Å². The molecule has 1 aliphatic heterocycles. The number of hydrogen-bond acceptors (Lipinski definition) is 4. The molecule has 1 amide bonds. The van der Waals surface area contributed by atoms with Crippen LogP contribution < -0.4 is 5.56 Å². The number of aromatic nitrogens is 1. The fourth-order valence-corrected chi connectivity index (χ4v) is 1.70. The Morgan fingerprint density at radius 2 is 2.00 bits per heavy atom. The Morgan fingerprint density at radius 3 is 2.56 bits per heavy atom. The van der Waals surface area contributed by atoms with Crippen molar-refractivity contribution in [1.29, 1.82) is 0 Å². The van der Waals surface area contributed by atoms with Crippen molar-refractivity contribution in [2.45, 2.75) is 12.2 Å². The highest BCUT2D eigenvalue weighted by Gasteiger charge is 2.33. The van der Waals surface area contributed by atoms with Crippen molar-refractivity contribution in [3.8, 4) is 0 Å². The van der Waals surface area contributed by atoms with E-state index in [1.807, 2.05) is 0 Å². The van der Waals surface area contributed by atoms with E-state index in [-0.39, 0.29) is 18.7 Å². The Hall–Kier alpha value is -1.66. The lowest BCUT2D eigenvalue weighted by Gasteiger charge is -2.14. The van der Waals surface area contributed by atoms with Gasteiger partial charge in [0.25, 0.3) is 11.5 Å². The van der Waals surface area contributed by atoms with Gasteiger partial charge in [0.2, 0.25) is 0 Å². The number of carbonyl (C=O) groups excluding carboxylic acids is 1. The summed E-state index contributed by atoms with van der Waals surface area (Å²) in [6.07, 6.45) is -0.439. The Balaban J connectivity index is 2.21. The van der Waals surface area contributed by atoms with Gasteiger partial charge in [0.15, 0.2) is 0 Å². The molecule has 0 spiro atoms. The molecule has 16 heavy (non-hydrogen) atoms. The lowest BCUT2D eigenvalue weighted by Crippen LogP contribution is -2.33. The van der Waals surface area contributed by atoms with E-state index in [4.69, 9.17) is 0 Å². The highest BCUT2D eigenvalue weighted by molar-refractivity contribution is 5.94. The molecule has 0 aromatic carbocycles. The maximum Gasteiger partial charge on any atom is 0.260 e. The van der Waals surface area contributed by atoms with E-state index < -0.39 is 23.7 Å². The largest absolute Gasteiger partial charge is 0.388 e. The molecule has 1 saturated heterocycles. The maximum absolute atomic E-state index is 11.8. The Morgan fingerprint density at radius 1 is 1.38 bits per heavy atom. The predicted octanol–water partition coefficient (Wildman–Crippen LogP) is -1.45. The van der Waals surface area contributed by atoms with Crippen molar-refractivity contribution in [3.05, 3.63) is 34.2 Å². The number of aliphatic hydroxyl groups is 2. The zero-order chi connectivity index (χ0) is 11.7. The van der Waals surface area contributed by atoms with Gasteiger partial charge in [-0.25, -0.2) is 0 Å². The quantitative estimate of drug-likeness (QED) is 0.544. The van der Waals surface area contributed by atoms with Crippen molar-refractivity contribution in [3.63, 3.8) is 0 Å². The smallest absolute Gasteiger partial charge is 0.260 e. The minimum atomic E-state index is -0.938. The second-order valence-corrected chi connectivity index (χ2v) is 3.76. The minimum Gasteiger partial charge on any atom is -0.388 e. The minimum absolute atomic E-state index is 0.0174. The molecular formula is C10H12N2O4. The summed E-state index contributed by atoms with van der Waals surface area (Å²) in [5.41, 5.74) is -0.452. The van der Waals surface area contributed by atoms with Crippen molar-refractivity contribution < 1.29 is 15.0 Å². The van der Waals surface area contributed by atoms with Crippen LogP contribution in [0, 0.1) is 0 Å². The number of β-amino-alcohol motifs (C(OH)–C–C–N with tert-alkyl or cyclic N) is 2. The standard InChI is InChI=1S/C10H12N2O4/c13-7-4-12(5-8(7)14)10(16)6-2-1-3-11-9(6)15/h1-3,7-8,13-14H,4-5H2,(H,11,15)/t7-,8+. The molecule has 0 aliphatic carbocycles. The molecule has 86 valence electrons. The van der Waals surface area contributed by atoms with Gasteiger partial charge in [-0.2, -0.15) is 0 Å². The van der Waals surface area contributed by atoms with Crippen LogP contribution in [0.5, 0.6) is 0 Å². The second kappa shape index (κ2) is 4.07. The first-order valence-corrected chi connectivity index (χ1v) is 4.92. The SMILES string of the molecule is O=C(c1ccc[nH]c1=O)N1C[C@@H](O)[C@@H](O)C1. The number of rotatable bonds is 1. The number of H-pyrrole nitrogens is 1. The number of pyridine rings is 1. The van der Waals surface area contributed by atoms with Gasteiger partial charge in [-0.05, 0) is 12.1 Å². The average Bonchev–Trinajstić information content (AvgIpc) is 2.59. The van der Waals surface area contributed by atoms with Crippen molar-refractivity contribution >= 4 is 5.91 Å². The molecule has 0 bridgehead atoms. The molecule has 2 rings (SSSR count). The van der Waals surface area contributed by atoms with Crippen LogP contribution in [0.1, 0.15) is 10.4 Å². The number of carbonyl (C=O) groups is 1. The summed E-state index contributed by atoms with van der Waals surface area (Å²) >= 11 is 0. The first kappa shape index (κ1) is 10.8. The number of amides is 1. The zero-order valence-electron chi connectivity index (χ0n) is 8.46. The van der Waals surface area contributed by atoms with Crippen LogP contribution in [0.3, 0.4) is 0 Å². The number of likely N-dealkylation sites (tertiary alicyclic amines) is 1. The van der Waals surface area contributed by atoms with Crippen molar-refractivity contribution in [1.82, 2.24) is 9.88 Å². The van der Waals surface area contributed by atoms with Gasteiger partial charge in [0.1, 0.15) is 5.56 Å². The first-order valence-electron chi connectivity index (χ1n) is 4.92. The van der Waals surface area contributed by atoms with Crippen LogP contribution in [0.25, 0.3) is 0 Å². The third-order valence-electron chi connectivity index (χ3n) is 2.59. The summed E-state index contributed by atoms with van der Waals surface area (Å²) in [6.45, 7) is 0.0999. The maximum atomic E-state index is 11.8. The number of aliphatic hydroxyl groups excluding tert-OH is 2. The van der Waals surface area contributed by atoms with E-state index in [1.54, 1.807) is 6.07 Å². The molecule has 1 aromatic rings. The van der Waals surface area contributed by atoms with Crippen LogP contribution in [-0.2, 0) is 0 Å². The molecule has 1 fully saturated rings. The molecule has 0 radical (unpaired) electrons. The van der Waals surface area contributed by atoms with Gasteiger partial charge < -0.3 is 20.1 Å². The van der Waals surface area contributed by atoms with Gasteiger partial charge in [-0.1, -0.05) is 0 Å². The molecule has 2 atom stereocenters. The van der Waals surface area contributed by atoms with Gasteiger partial charge in [0.05, 0.1) is 12.2 Å². The zero-order valence-corrected chi connectivity index (χ0v) is 8.46. The normalized spacial score (nSPS) is 24.8. The van der Waals surface area contributed by atoms with Crippen LogP contribution in [0.2, 0.25) is 0 Å². The van der Waals surface area contributed by atoms with E-state index >= 15 is 0 Å². The molecule has 6 heteroatoms. The monoisotopic (exact) mass is 224 g/mol. The molecule has 1 aromatic heterocycles. The predicted molar refractivity (Wildman–Crippen MR) is 55.0 cm³/mol. The second-order valence-electron chi connectivity index (χ2n) is 3.76.